The quantitative estimate of drug-likeness (QED) is 0.169. The number of hydrogen-bond acceptors (Lipinski definition) is 4. The average Bonchev–Trinajstić information content (AvgIpc) is 3.85. The Labute approximate surface area is 383 Å². The monoisotopic (exact) mass is 1000 g/mol. The third-order valence-corrected chi connectivity index (χ3v) is 12.6. The van der Waals surface area contributed by atoms with Gasteiger partial charge in [-0.2, -0.15) is 0 Å². The Balaban J connectivity index is 0.00000504. The first-order valence-corrected chi connectivity index (χ1v) is 21.5. The molecule has 0 bridgehead atoms. The molecule has 316 valence electrons. The Kier molecular flexibility index (Phi) is 10.3. The molecular weight excluding hydrogens is 954 g/mol. The van der Waals surface area contributed by atoms with Gasteiger partial charge in [0.25, 0.3) is 0 Å². The van der Waals surface area contributed by atoms with Gasteiger partial charge >= 0.3 is 0 Å². The molecule has 0 fully saturated rings. The maximum absolute atomic E-state index is 12.3. The van der Waals surface area contributed by atoms with Crippen molar-refractivity contribution < 1.29 is 30.6 Å². The third-order valence-electron chi connectivity index (χ3n) is 12.6. The van der Waals surface area contributed by atoms with Crippen LogP contribution < -0.4 is 0 Å². The molecular formula is C57H50N3O2Pt-. The maximum Gasteiger partial charge on any atom is 0.152 e. The molecule has 1 N–H and O–H groups in total. The van der Waals surface area contributed by atoms with E-state index in [1.807, 2.05) is 24.4 Å². The summed E-state index contributed by atoms with van der Waals surface area (Å²) < 4.78 is 8.67. The van der Waals surface area contributed by atoms with Gasteiger partial charge in [-0.25, -0.2) is 4.98 Å². The van der Waals surface area contributed by atoms with Crippen LogP contribution in [0.25, 0.3) is 83.2 Å². The zero-order chi connectivity index (χ0) is 43.1. The second-order valence-corrected chi connectivity index (χ2v) is 19.2. The van der Waals surface area contributed by atoms with E-state index >= 15 is 0 Å². The summed E-state index contributed by atoms with van der Waals surface area (Å²) in [6, 6.07) is 54.8. The molecule has 0 saturated carbocycles. The zero-order valence-corrected chi connectivity index (χ0v) is 39.2. The van der Waals surface area contributed by atoms with Gasteiger partial charge in [-0.3, -0.25) is 9.55 Å². The molecule has 3 aromatic heterocycles. The van der Waals surface area contributed by atoms with Crippen LogP contribution in [0.15, 0.2) is 156 Å². The summed E-state index contributed by atoms with van der Waals surface area (Å²) in [5.41, 5.74) is 12.1. The number of benzene rings is 7. The molecule has 0 unspecified atom stereocenters. The molecule has 0 radical (unpaired) electrons. The van der Waals surface area contributed by atoms with Gasteiger partial charge in [0.15, 0.2) is 5.58 Å². The second-order valence-electron chi connectivity index (χ2n) is 19.2. The van der Waals surface area contributed by atoms with E-state index in [0.29, 0.717) is 11.4 Å². The minimum Gasteiger partial charge on any atom is -0.507 e. The first kappa shape index (κ1) is 42.0. The molecule has 6 heteroatoms. The van der Waals surface area contributed by atoms with Crippen molar-refractivity contribution >= 4 is 43.7 Å². The van der Waals surface area contributed by atoms with E-state index in [2.05, 4.69) is 193 Å². The summed E-state index contributed by atoms with van der Waals surface area (Å²) in [5, 5.41) is 16.5. The molecule has 0 spiro atoms. The normalized spacial score (nSPS) is 12.4. The number of para-hydroxylation sites is 2. The van der Waals surface area contributed by atoms with Crippen LogP contribution in [0.2, 0.25) is 0 Å². The van der Waals surface area contributed by atoms with E-state index in [1.165, 1.54) is 5.56 Å². The Morgan fingerprint density at radius 3 is 2.02 bits per heavy atom. The number of imidazole rings is 1. The number of phenols is 1. The predicted octanol–water partition coefficient (Wildman–Crippen LogP) is 14.9. The van der Waals surface area contributed by atoms with Gasteiger partial charge < -0.3 is 9.52 Å². The smallest absolute Gasteiger partial charge is 0.152 e. The molecule has 0 aliphatic rings. The number of aromatic hydroxyl groups is 1. The van der Waals surface area contributed by atoms with Crippen LogP contribution >= 0.6 is 0 Å². The zero-order valence-electron chi connectivity index (χ0n) is 36.9. The molecule has 0 amide bonds. The average molecular weight is 1000 g/mol. The van der Waals surface area contributed by atoms with Gasteiger partial charge in [-0.1, -0.05) is 170 Å². The van der Waals surface area contributed by atoms with Crippen molar-refractivity contribution in [1.82, 2.24) is 14.5 Å². The molecule has 10 aromatic rings. The summed E-state index contributed by atoms with van der Waals surface area (Å²) in [7, 11) is 0. The fraction of sp³-hybridized carbons (Fsp3) is 0.193. The molecule has 5 nitrogen and oxygen atoms in total. The summed E-state index contributed by atoms with van der Waals surface area (Å²) in [4.78, 5) is 10.6. The van der Waals surface area contributed by atoms with Gasteiger partial charge in [0.1, 0.15) is 17.2 Å². The van der Waals surface area contributed by atoms with Crippen LogP contribution in [-0.2, 0) is 37.3 Å². The van der Waals surface area contributed by atoms with Crippen LogP contribution in [0.1, 0.15) is 77.6 Å². The molecule has 0 saturated heterocycles. The summed E-state index contributed by atoms with van der Waals surface area (Å²) in [6.07, 6.45) is 1.85. The number of nitrogens with zero attached hydrogens (tertiary/aromatic N) is 3. The van der Waals surface area contributed by atoms with Crippen LogP contribution in [-0.4, -0.2) is 19.6 Å². The molecule has 0 atom stereocenters. The van der Waals surface area contributed by atoms with Crippen molar-refractivity contribution in [3.63, 3.8) is 0 Å². The van der Waals surface area contributed by atoms with Crippen molar-refractivity contribution in [2.45, 2.75) is 71.6 Å². The van der Waals surface area contributed by atoms with Crippen molar-refractivity contribution in [2.75, 3.05) is 0 Å². The Hall–Kier alpha value is -6.29. The van der Waals surface area contributed by atoms with Gasteiger partial charge in [-0.05, 0) is 57.7 Å². The minimum absolute atomic E-state index is 0. The molecule has 7 aromatic carbocycles. The van der Waals surface area contributed by atoms with Gasteiger partial charge in [0, 0.05) is 59.6 Å². The largest absolute Gasteiger partial charge is 0.507 e. The molecule has 10 rings (SSSR count). The van der Waals surface area contributed by atoms with Crippen LogP contribution in [0.3, 0.4) is 0 Å². The molecule has 63 heavy (non-hydrogen) atoms. The van der Waals surface area contributed by atoms with E-state index < -0.39 is 0 Å². The van der Waals surface area contributed by atoms with Crippen molar-refractivity contribution in [2.24, 2.45) is 0 Å². The Morgan fingerprint density at radius 2 is 1.29 bits per heavy atom. The van der Waals surface area contributed by atoms with E-state index in [9.17, 15) is 5.11 Å². The van der Waals surface area contributed by atoms with Gasteiger partial charge in [0.05, 0.1) is 22.8 Å². The fourth-order valence-corrected chi connectivity index (χ4v) is 8.94. The maximum atomic E-state index is 12.3. The van der Waals surface area contributed by atoms with Gasteiger partial charge in [0.2, 0.25) is 0 Å². The summed E-state index contributed by atoms with van der Waals surface area (Å²) in [6.45, 7) is 17.7. The topological polar surface area (TPSA) is 64.1 Å². The van der Waals surface area contributed by atoms with Crippen LogP contribution in [0.5, 0.6) is 5.75 Å². The van der Waals surface area contributed by atoms with Crippen molar-refractivity contribution in [3.8, 4) is 45.2 Å². The first-order chi connectivity index (χ1) is 29.7. The second kappa shape index (κ2) is 15.5. The minimum atomic E-state index is -0.365. The van der Waals surface area contributed by atoms with E-state index in [4.69, 9.17) is 14.4 Å². The Morgan fingerprint density at radius 1 is 0.587 bits per heavy atom. The standard InChI is InChI=1S/C57H50N3O2.Pt/c1-55(2,3)39-31-46(52(61)47(32-39)56(4,5)6)54-59-51-42(24-17-25-49(51)60(54)41-21-13-10-14-22-41)36-28-37(30-40(29-36)57(7,8)38-19-11-9-12-20-38)48-33-45-44-27-26-35-18-15-16-23-43(35)53(44)62-50(45)34-58-48;/h9-27,29-34,61H,1-8H3;/q-1;. The number of furan rings is 1. The van der Waals surface area contributed by atoms with Crippen molar-refractivity contribution in [3.05, 3.63) is 180 Å². The third kappa shape index (κ3) is 7.27. The number of rotatable bonds is 6. The van der Waals surface area contributed by atoms with Crippen LogP contribution in [0, 0.1) is 6.07 Å². The molecule has 3 heterocycles. The summed E-state index contributed by atoms with van der Waals surface area (Å²) in [5.74, 6) is 0.932. The van der Waals surface area contributed by atoms with Crippen LogP contribution in [0.4, 0.5) is 0 Å². The number of pyridine rings is 1. The number of hydrogen-bond donors (Lipinski definition) is 1. The molecule has 0 aliphatic carbocycles. The SMILES string of the molecule is CC(C)(C)c1cc(-c2nc3c(-c4[c-]c(-c5cc6c(cn5)oc5c7ccccc7ccc65)cc(C(C)(C)c5ccccc5)c4)cccc3n2-c2ccccc2)c(O)c(C(C)(C)C)c1.[Pt]. The fourth-order valence-electron chi connectivity index (χ4n) is 8.94. The number of phenolic OH excluding ortho intramolecular Hbond substituents is 1. The molecule has 0 aliphatic heterocycles. The van der Waals surface area contributed by atoms with E-state index in [-0.39, 0.29) is 43.1 Å². The predicted molar refractivity (Wildman–Crippen MR) is 256 cm³/mol. The van der Waals surface area contributed by atoms with E-state index in [1.54, 1.807) is 0 Å². The Bertz CT molecular complexity index is 3350. The summed E-state index contributed by atoms with van der Waals surface area (Å²) >= 11 is 0. The van der Waals surface area contributed by atoms with Gasteiger partial charge in [-0.15, -0.1) is 29.3 Å². The first-order valence-electron chi connectivity index (χ1n) is 21.5. The number of aromatic nitrogens is 3. The number of fused-ring (bicyclic) bond motifs is 6. The van der Waals surface area contributed by atoms with Crippen molar-refractivity contribution in [1.29, 1.82) is 0 Å². The van der Waals surface area contributed by atoms with E-state index in [0.717, 1.165) is 88.5 Å².